The number of nitrogens with one attached hydrogen (secondary N) is 1. The third kappa shape index (κ3) is 6.72. The van der Waals surface area contributed by atoms with Crippen molar-refractivity contribution in [2.24, 2.45) is 0 Å². The van der Waals surface area contributed by atoms with Crippen LogP contribution in [0.1, 0.15) is 18.9 Å². The van der Waals surface area contributed by atoms with Crippen LogP contribution >= 0.6 is 0 Å². The van der Waals surface area contributed by atoms with E-state index in [2.05, 4.69) is 22.0 Å². The Morgan fingerprint density at radius 2 is 1.71 bits per heavy atom. The minimum Gasteiger partial charge on any atom is -0.496 e. The molecule has 0 radical (unpaired) electrons. The Morgan fingerprint density at radius 1 is 1.00 bits per heavy atom. The van der Waals surface area contributed by atoms with E-state index in [0.717, 1.165) is 49.7 Å². The van der Waals surface area contributed by atoms with Gasteiger partial charge in [0.25, 0.3) is 5.91 Å². The van der Waals surface area contributed by atoms with Gasteiger partial charge in [0.2, 0.25) is 0 Å². The van der Waals surface area contributed by atoms with Gasteiger partial charge in [-0.05, 0) is 48.9 Å². The van der Waals surface area contributed by atoms with Crippen molar-refractivity contribution in [3.63, 3.8) is 0 Å². The summed E-state index contributed by atoms with van der Waals surface area (Å²) in [5.41, 5.74) is 2.77. The summed E-state index contributed by atoms with van der Waals surface area (Å²) in [6.07, 6.45) is 0.687. The predicted octanol–water partition coefficient (Wildman–Crippen LogP) is 2.95. The molecule has 2 aromatic carbocycles. The Balaban J connectivity index is 1.39. The summed E-state index contributed by atoms with van der Waals surface area (Å²) in [6.45, 7) is 7.11. The van der Waals surface area contributed by atoms with Gasteiger partial charge in [0, 0.05) is 44.0 Å². The van der Waals surface area contributed by atoms with Crippen LogP contribution in [0.5, 0.6) is 5.75 Å². The number of methoxy groups -OCH3 is 1. The molecule has 0 spiro atoms. The number of rotatable bonds is 9. The molecule has 0 aliphatic carbocycles. The van der Waals surface area contributed by atoms with Gasteiger partial charge in [-0.2, -0.15) is 0 Å². The minimum absolute atomic E-state index is 0.188. The van der Waals surface area contributed by atoms with E-state index in [-0.39, 0.29) is 18.9 Å². The number of esters is 1. The smallest absolute Gasteiger partial charge is 0.306 e. The van der Waals surface area contributed by atoms with Crippen molar-refractivity contribution in [2.45, 2.75) is 19.8 Å². The SMILES string of the molecule is CCN1CCN(c2ccc(NC(=O)COC(=O)CCc3ccccc3OC)cc2)CC1. The highest BCUT2D eigenvalue weighted by Crippen LogP contribution is 2.20. The quantitative estimate of drug-likeness (QED) is 0.623. The Hall–Kier alpha value is -3.06. The lowest BCUT2D eigenvalue weighted by molar-refractivity contribution is -0.147. The second-order valence-electron chi connectivity index (χ2n) is 7.49. The number of hydrogen-bond donors (Lipinski definition) is 1. The average Bonchev–Trinajstić information content (AvgIpc) is 2.82. The van der Waals surface area contributed by atoms with Gasteiger partial charge in [0.1, 0.15) is 5.75 Å². The van der Waals surface area contributed by atoms with Crippen LogP contribution in [0, 0.1) is 0 Å². The van der Waals surface area contributed by atoms with Crippen LogP contribution in [0.15, 0.2) is 48.5 Å². The van der Waals surface area contributed by atoms with Crippen molar-refractivity contribution in [3.05, 3.63) is 54.1 Å². The summed E-state index contributed by atoms with van der Waals surface area (Å²) in [6, 6.07) is 15.3. The molecule has 1 aliphatic heterocycles. The highest BCUT2D eigenvalue weighted by molar-refractivity contribution is 5.93. The first-order valence-electron chi connectivity index (χ1n) is 10.7. The van der Waals surface area contributed by atoms with Crippen molar-refractivity contribution < 1.29 is 19.1 Å². The second kappa shape index (κ2) is 11.4. The summed E-state index contributed by atoms with van der Waals surface area (Å²) < 4.78 is 10.4. The molecular weight excluding hydrogens is 394 g/mol. The van der Waals surface area contributed by atoms with E-state index in [1.807, 2.05) is 48.5 Å². The zero-order chi connectivity index (χ0) is 22.1. The maximum atomic E-state index is 12.1. The number of piperazine rings is 1. The van der Waals surface area contributed by atoms with Gasteiger partial charge in [-0.15, -0.1) is 0 Å². The van der Waals surface area contributed by atoms with Gasteiger partial charge in [0.15, 0.2) is 6.61 Å². The summed E-state index contributed by atoms with van der Waals surface area (Å²) in [5.74, 6) is -0.0266. The molecule has 2 aromatic rings. The van der Waals surface area contributed by atoms with Crippen LogP contribution in [0.25, 0.3) is 0 Å². The normalized spacial score (nSPS) is 14.2. The van der Waals surface area contributed by atoms with Crippen molar-refractivity contribution in [2.75, 3.05) is 56.7 Å². The molecule has 7 heteroatoms. The lowest BCUT2D eigenvalue weighted by Crippen LogP contribution is -2.46. The zero-order valence-electron chi connectivity index (χ0n) is 18.3. The van der Waals surface area contributed by atoms with Crippen LogP contribution in [-0.2, 0) is 20.7 Å². The van der Waals surface area contributed by atoms with Gasteiger partial charge in [-0.3, -0.25) is 9.59 Å². The van der Waals surface area contributed by atoms with Crippen molar-refractivity contribution in [1.82, 2.24) is 4.90 Å². The maximum absolute atomic E-state index is 12.1. The molecule has 0 atom stereocenters. The number of amides is 1. The first-order valence-corrected chi connectivity index (χ1v) is 10.7. The number of anilines is 2. The van der Waals surface area contributed by atoms with E-state index in [1.54, 1.807) is 7.11 Å². The lowest BCUT2D eigenvalue weighted by atomic mass is 10.1. The van der Waals surface area contributed by atoms with E-state index in [9.17, 15) is 9.59 Å². The largest absolute Gasteiger partial charge is 0.496 e. The maximum Gasteiger partial charge on any atom is 0.306 e. The number of carbonyl (C=O) groups excluding carboxylic acids is 2. The number of likely N-dealkylation sites (N-methyl/N-ethyl adjacent to an activating group) is 1. The summed E-state index contributed by atoms with van der Waals surface area (Å²) in [4.78, 5) is 28.9. The third-order valence-electron chi connectivity index (χ3n) is 5.49. The molecule has 1 fully saturated rings. The molecule has 166 valence electrons. The van der Waals surface area contributed by atoms with E-state index >= 15 is 0 Å². The molecule has 31 heavy (non-hydrogen) atoms. The van der Waals surface area contributed by atoms with E-state index in [4.69, 9.17) is 9.47 Å². The van der Waals surface area contributed by atoms with Gasteiger partial charge in [-0.1, -0.05) is 25.1 Å². The summed E-state index contributed by atoms with van der Waals surface area (Å²) in [7, 11) is 1.60. The van der Waals surface area contributed by atoms with Gasteiger partial charge in [0.05, 0.1) is 7.11 Å². The lowest BCUT2D eigenvalue weighted by Gasteiger charge is -2.35. The number of hydrogen-bond acceptors (Lipinski definition) is 6. The number of aryl methyl sites for hydroxylation is 1. The molecule has 1 heterocycles. The molecule has 1 saturated heterocycles. The standard InChI is InChI=1S/C24H31N3O4/c1-3-26-14-16-27(17-15-26)21-11-9-20(10-12-21)25-23(28)18-31-24(29)13-8-19-6-4-5-7-22(19)30-2/h4-7,9-12H,3,8,13-18H2,1-2H3,(H,25,28). The monoisotopic (exact) mass is 425 g/mol. The Bertz CT molecular complexity index is 861. The predicted molar refractivity (Wildman–Crippen MR) is 122 cm³/mol. The first kappa shape index (κ1) is 22.6. The van der Waals surface area contributed by atoms with Crippen molar-refractivity contribution in [1.29, 1.82) is 0 Å². The minimum atomic E-state index is -0.414. The highest BCUT2D eigenvalue weighted by Gasteiger charge is 2.16. The van der Waals surface area contributed by atoms with Crippen LogP contribution in [-0.4, -0.2) is 63.2 Å². The average molecular weight is 426 g/mol. The van der Waals surface area contributed by atoms with E-state index < -0.39 is 5.97 Å². The molecular formula is C24H31N3O4. The number of carbonyl (C=O) groups is 2. The number of benzene rings is 2. The number of nitrogens with zero attached hydrogens (tertiary/aromatic N) is 2. The van der Waals surface area contributed by atoms with Crippen LogP contribution in [0.3, 0.4) is 0 Å². The molecule has 0 saturated carbocycles. The molecule has 0 unspecified atom stereocenters. The summed E-state index contributed by atoms with van der Waals surface area (Å²) >= 11 is 0. The Morgan fingerprint density at radius 3 is 2.39 bits per heavy atom. The fraction of sp³-hybridized carbons (Fsp3) is 0.417. The molecule has 7 nitrogen and oxygen atoms in total. The highest BCUT2D eigenvalue weighted by atomic mass is 16.5. The molecule has 3 rings (SSSR count). The zero-order valence-corrected chi connectivity index (χ0v) is 18.3. The first-order chi connectivity index (χ1) is 15.1. The molecule has 1 N–H and O–H groups in total. The molecule has 1 aliphatic rings. The van der Waals surface area contributed by atoms with Gasteiger partial charge < -0.3 is 24.6 Å². The molecule has 0 bridgehead atoms. The van der Waals surface area contributed by atoms with Crippen LogP contribution < -0.4 is 15.0 Å². The third-order valence-corrected chi connectivity index (χ3v) is 5.49. The fourth-order valence-corrected chi connectivity index (χ4v) is 3.64. The second-order valence-corrected chi connectivity index (χ2v) is 7.49. The number of para-hydroxylation sites is 1. The van der Waals surface area contributed by atoms with Gasteiger partial charge >= 0.3 is 5.97 Å². The Labute approximate surface area is 183 Å². The van der Waals surface area contributed by atoms with E-state index in [0.29, 0.717) is 12.1 Å². The summed E-state index contributed by atoms with van der Waals surface area (Å²) in [5, 5.41) is 2.77. The van der Waals surface area contributed by atoms with Gasteiger partial charge in [-0.25, -0.2) is 0 Å². The topological polar surface area (TPSA) is 71.1 Å². The fourth-order valence-electron chi connectivity index (χ4n) is 3.64. The molecule has 0 aromatic heterocycles. The van der Waals surface area contributed by atoms with E-state index in [1.165, 1.54) is 0 Å². The van der Waals surface area contributed by atoms with Crippen molar-refractivity contribution in [3.8, 4) is 5.75 Å². The van der Waals surface area contributed by atoms with Crippen molar-refractivity contribution >= 4 is 23.3 Å². The van der Waals surface area contributed by atoms with Crippen LogP contribution in [0.4, 0.5) is 11.4 Å². The molecule has 1 amide bonds. The van der Waals surface area contributed by atoms with Crippen LogP contribution in [0.2, 0.25) is 0 Å². The number of ether oxygens (including phenoxy) is 2. The Kier molecular flexibility index (Phi) is 8.29.